The lowest BCUT2D eigenvalue weighted by atomic mass is 10.3. The molecule has 0 heterocycles. The Balaban J connectivity index is 2.97. The first-order chi connectivity index (χ1) is 7.86. The quantitative estimate of drug-likeness (QED) is 0.860. The van der Waals surface area contributed by atoms with E-state index in [1.807, 2.05) is 0 Å². The molecule has 17 heavy (non-hydrogen) atoms. The fraction of sp³-hybridized carbons (Fsp3) is 0.400. The number of halogens is 2. The molecule has 1 rings (SSSR count). The zero-order valence-corrected chi connectivity index (χ0v) is 10.7. The SMILES string of the molecule is CC(CCO)NS(=O)(=O)c1ccc(F)cc1Cl. The second-order valence-electron chi connectivity index (χ2n) is 3.61. The van der Waals surface area contributed by atoms with Gasteiger partial charge in [0.2, 0.25) is 10.0 Å². The molecular formula is C10H13ClFNO3S. The Morgan fingerprint density at radius 2 is 2.18 bits per heavy atom. The minimum absolute atomic E-state index is 0.124. The molecule has 1 unspecified atom stereocenters. The van der Waals surface area contributed by atoms with Gasteiger partial charge in [0.05, 0.1) is 5.02 Å². The molecule has 0 aliphatic carbocycles. The first kappa shape index (κ1) is 14.4. The molecule has 0 amide bonds. The molecule has 96 valence electrons. The number of aliphatic hydroxyl groups is 1. The molecule has 0 bridgehead atoms. The Morgan fingerprint density at radius 1 is 1.53 bits per heavy atom. The van der Waals surface area contributed by atoms with Crippen molar-refractivity contribution in [3.8, 4) is 0 Å². The van der Waals surface area contributed by atoms with Crippen LogP contribution in [0.1, 0.15) is 13.3 Å². The summed E-state index contributed by atoms with van der Waals surface area (Å²) in [7, 11) is -3.79. The summed E-state index contributed by atoms with van der Waals surface area (Å²) in [6.45, 7) is 1.49. The standard InChI is InChI=1S/C10H13ClFNO3S/c1-7(4-5-14)13-17(15,16)10-3-2-8(12)6-9(10)11/h2-3,6-7,13-14H,4-5H2,1H3. The highest BCUT2D eigenvalue weighted by Crippen LogP contribution is 2.22. The molecule has 1 atom stereocenters. The third-order valence-electron chi connectivity index (χ3n) is 2.10. The average molecular weight is 282 g/mol. The predicted molar refractivity (Wildman–Crippen MR) is 62.9 cm³/mol. The van der Waals surface area contributed by atoms with E-state index in [0.717, 1.165) is 18.2 Å². The summed E-state index contributed by atoms with van der Waals surface area (Å²) in [5, 5.41) is 8.51. The minimum atomic E-state index is -3.79. The molecular weight excluding hydrogens is 269 g/mol. The van der Waals surface area contributed by atoms with Gasteiger partial charge in [-0.2, -0.15) is 0 Å². The third-order valence-corrected chi connectivity index (χ3v) is 4.17. The lowest BCUT2D eigenvalue weighted by Gasteiger charge is -2.13. The molecule has 0 aliphatic rings. The van der Waals surface area contributed by atoms with Gasteiger partial charge in [0.25, 0.3) is 0 Å². The number of nitrogens with one attached hydrogen (secondary N) is 1. The van der Waals surface area contributed by atoms with Crippen molar-refractivity contribution in [1.82, 2.24) is 4.72 Å². The fourth-order valence-electron chi connectivity index (χ4n) is 1.27. The van der Waals surface area contributed by atoms with Gasteiger partial charge in [0.1, 0.15) is 10.7 Å². The van der Waals surface area contributed by atoms with Crippen molar-refractivity contribution in [3.05, 3.63) is 29.0 Å². The largest absolute Gasteiger partial charge is 0.396 e. The fourth-order valence-corrected chi connectivity index (χ4v) is 3.08. The summed E-state index contributed by atoms with van der Waals surface area (Å²) in [5.41, 5.74) is 0. The number of rotatable bonds is 5. The van der Waals surface area contributed by atoms with Gasteiger partial charge in [-0.1, -0.05) is 11.6 Å². The molecule has 4 nitrogen and oxygen atoms in total. The summed E-state index contributed by atoms with van der Waals surface area (Å²) in [6, 6.07) is 2.64. The van der Waals surface area contributed by atoms with Crippen molar-refractivity contribution >= 4 is 21.6 Å². The van der Waals surface area contributed by atoms with Gasteiger partial charge in [-0.05, 0) is 31.5 Å². The van der Waals surface area contributed by atoms with Gasteiger partial charge in [-0.25, -0.2) is 17.5 Å². The normalized spacial score (nSPS) is 13.6. The second-order valence-corrected chi connectivity index (χ2v) is 5.70. The molecule has 7 heteroatoms. The molecule has 1 aromatic rings. The number of benzene rings is 1. The highest BCUT2D eigenvalue weighted by molar-refractivity contribution is 7.89. The van der Waals surface area contributed by atoms with Crippen molar-refractivity contribution in [2.24, 2.45) is 0 Å². The summed E-state index contributed by atoms with van der Waals surface area (Å²) in [4.78, 5) is -0.176. The van der Waals surface area contributed by atoms with Gasteiger partial charge in [-0.3, -0.25) is 0 Å². The average Bonchev–Trinajstić information content (AvgIpc) is 2.15. The number of aliphatic hydroxyl groups excluding tert-OH is 1. The maximum absolute atomic E-state index is 12.8. The topological polar surface area (TPSA) is 66.4 Å². The molecule has 0 saturated heterocycles. The monoisotopic (exact) mass is 281 g/mol. The van der Waals surface area contributed by atoms with E-state index in [0.29, 0.717) is 0 Å². The van der Waals surface area contributed by atoms with E-state index in [1.165, 1.54) is 0 Å². The molecule has 0 fully saturated rings. The van der Waals surface area contributed by atoms with Gasteiger partial charge in [0, 0.05) is 12.6 Å². The van der Waals surface area contributed by atoms with Crippen LogP contribution in [0.2, 0.25) is 5.02 Å². The van der Waals surface area contributed by atoms with Crippen LogP contribution in [0.25, 0.3) is 0 Å². The lowest BCUT2D eigenvalue weighted by Crippen LogP contribution is -2.33. The predicted octanol–water partition coefficient (Wildman–Crippen LogP) is 1.53. The molecule has 2 N–H and O–H groups in total. The number of hydrogen-bond donors (Lipinski definition) is 2. The third kappa shape index (κ3) is 3.92. The van der Waals surface area contributed by atoms with E-state index in [4.69, 9.17) is 16.7 Å². The Labute approximate surface area is 104 Å². The van der Waals surface area contributed by atoms with Crippen molar-refractivity contribution in [2.45, 2.75) is 24.3 Å². The molecule has 0 saturated carbocycles. The van der Waals surface area contributed by atoms with E-state index >= 15 is 0 Å². The van der Waals surface area contributed by atoms with Crippen LogP contribution in [0.15, 0.2) is 23.1 Å². The second kappa shape index (κ2) is 5.77. The van der Waals surface area contributed by atoms with Gasteiger partial charge in [-0.15, -0.1) is 0 Å². The number of sulfonamides is 1. The van der Waals surface area contributed by atoms with Gasteiger partial charge >= 0.3 is 0 Å². The zero-order valence-electron chi connectivity index (χ0n) is 9.15. The number of hydrogen-bond acceptors (Lipinski definition) is 3. The first-order valence-corrected chi connectivity index (χ1v) is 6.81. The van der Waals surface area contributed by atoms with Crippen LogP contribution < -0.4 is 4.72 Å². The Morgan fingerprint density at radius 3 is 2.71 bits per heavy atom. The van der Waals surface area contributed by atoms with E-state index in [2.05, 4.69) is 4.72 Å². The van der Waals surface area contributed by atoms with E-state index in [-0.39, 0.29) is 22.9 Å². The zero-order chi connectivity index (χ0) is 13.1. The van der Waals surface area contributed by atoms with Crippen molar-refractivity contribution in [1.29, 1.82) is 0 Å². The highest BCUT2D eigenvalue weighted by atomic mass is 35.5. The summed E-state index contributed by atoms with van der Waals surface area (Å²) >= 11 is 5.67. The van der Waals surface area contributed by atoms with Crippen molar-refractivity contribution in [2.75, 3.05) is 6.61 Å². The van der Waals surface area contributed by atoms with Crippen molar-refractivity contribution < 1.29 is 17.9 Å². The van der Waals surface area contributed by atoms with Gasteiger partial charge < -0.3 is 5.11 Å². The van der Waals surface area contributed by atoms with E-state index in [1.54, 1.807) is 6.92 Å². The maximum Gasteiger partial charge on any atom is 0.242 e. The molecule has 0 aromatic heterocycles. The summed E-state index contributed by atoms with van der Waals surface area (Å²) < 4.78 is 38.8. The molecule has 0 spiro atoms. The Bertz CT molecular complexity index is 492. The molecule has 0 radical (unpaired) electrons. The minimum Gasteiger partial charge on any atom is -0.396 e. The van der Waals surface area contributed by atoms with Crippen LogP contribution in [0.3, 0.4) is 0 Å². The maximum atomic E-state index is 12.8. The van der Waals surface area contributed by atoms with Crippen LogP contribution >= 0.6 is 11.6 Å². The lowest BCUT2D eigenvalue weighted by molar-refractivity contribution is 0.275. The Kier molecular flexibility index (Phi) is 4.88. The summed E-state index contributed by atoms with van der Waals surface area (Å²) in [5.74, 6) is -0.600. The molecule has 0 aliphatic heterocycles. The van der Waals surface area contributed by atoms with E-state index in [9.17, 15) is 12.8 Å². The van der Waals surface area contributed by atoms with Crippen LogP contribution in [-0.4, -0.2) is 26.2 Å². The Hall–Kier alpha value is -0.690. The van der Waals surface area contributed by atoms with Crippen LogP contribution in [0.4, 0.5) is 4.39 Å². The smallest absolute Gasteiger partial charge is 0.242 e. The highest BCUT2D eigenvalue weighted by Gasteiger charge is 2.20. The van der Waals surface area contributed by atoms with Crippen LogP contribution in [-0.2, 0) is 10.0 Å². The summed E-state index contributed by atoms with van der Waals surface area (Å²) in [6.07, 6.45) is 0.290. The molecule has 1 aromatic carbocycles. The first-order valence-electron chi connectivity index (χ1n) is 4.95. The van der Waals surface area contributed by atoms with Crippen LogP contribution in [0.5, 0.6) is 0 Å². The van der Waals surface area contributed by atoms with Crippen LogP contribution in [0, 0.1) is 5.82 Å². The van der Waals surface area contributed by atoms with Gasteiger partial charge in [0.15, 0.2) is 0 Å². The van der Waals surface area contributed by atoms with E-state index < -0.39 is 21.9 Å². The van der Waals surface area contributed by atoms with Crippen molar-refractivity contribution in [3.63, 3.8) is 0 Å².